The van der Waals surface area contributed by atoms with E-state index in [1.54, 1.807) is 18.5 Å². The summed E-state index contributed by atoms with van der Waals surface area (Å²) >= 11 is 1.45. The lowest BCUT2D eigenvalue weighted by Gasteiger charge is -2.08. The van der Waals surface area contributed by atoms with Crippen molar-refractivity contribution in [3.63, 3.8) is 0 Å². The Morgan fingerprint density at radius 1 is 1.18 bits per heavy atom. The molecule has 112 valence electrons. The van der Waals surface area contributed by atoms with Gasteiger partial charge in [0.15, 0.2) is 17.5 Å². The second-order valence-electron chi connectivity index (χ2n) is 4.69. The van der Waals surface area contributed by atoms with E-state index in [4.69, 9.17) is 0 Å². The van der Waals surface area contributed by atoms with Crippen LogP contribution in [-0.4, -0.2) is 20.8 Å². The van der Waals surface area contributed by atoms with Gasteiger partial charge < -0.3 is 4.57 Å². The van der Waals surface area contributed by atoms with Gasteiger partial charge in [-0.2, -0.15) is 0 Å². The molecule has 2 heterocycles. The third-order valence-electron chi connectivity index (χ3n) is 3.35. The zero-order valence-corrected chi connectivity index (χ0v) is 12.6. The summed E-state index contributed by atoms with van der Waals surface area (Å²) < 4.78 is 29.8. The van der Waals surface area contributed by atoms with E-state index in [0.717, 1.165) is 4.90 Å². The van der Waals surface area contributed by atoms with Crippen LogP contribution in [0.3, 0.4) is 0 Å². The normalized spacial score (nSPS) is 11.1. The highest BCUT2D eigenvalue weighted by atomic mass is 32.2. The second kappa shape index (κ2) is 5.49. The SMILES string of the molecule is CSc1cnc(-c2cc3ccn(C)c(=O)c3c(F)c2F)nc1. The van der Waals surface area contributed by atoms with Gasteiger partial charge in [-0.15, -0.1) is 11.8 Å². The lowest BCUT2D eigenvalue weighted by atomic mass is 10.1. The molecule has 0 atom stereocenters. The van der Waals surface area contributed by atoms with E-state index in [2.05, 4.69) is 9.97 Å². The first-order valence-electron chi connectivity index (χ1n) is 6.36. The van der Waals surface area contributed by atoms with Crippen molar-refractivity contribution >= 4 is 22.5 Å². The number of aryl methyl sites for hydroxylation is 1. The van der Waals surface area contributed by atoms with E-state index < -0.39 is 17.2 Å². The maximum absolute atomic E-state index is 14.3. The standard InChI is InChI=1S/C15H11F2N3OS/c1-20-4-3-8-5-10(12(16)13(17)11(8)15(20)21)14-18-6-9(22-2)7-19-14/h3-7H,1-2H3. The summed E-state index contributed by atoms with van der Waals surface area (Å²) in [5.41, 5.74) is -0.648. The van der Waals surface area contributed by atoms with Crippen LogP contribution in [0.25, 0.3) is 22.2 Å². The molecule has 4 nitrogen and oxygen atoms in total. The smallest absolute Gasteiger partial charge is 0.261 e. The van der Waals surface area contributed by atoms with Gasteiger partial charge in [-0.1, -0.05) is 0 Å². The van der Waals surface area contributed by atoms with Crippen LogP contribution >= 0.6 is 11.8 Å². The average Bonchev–Trinajstić information content (AvgIpc) is 2.54. The van der Waals surface area contributed by atoms with Gasteiger partial charge in [-0.25, -0.2) is 18.7 Å². The van der Waals surface area contributed by atoms with Gasteiger partial charge in [0.2, 0.25) is 0 Å². The minimum absolute atomic E-state index is 0.0640. The van der Waals surface area contributed by atoms with E-state index in [-0.39, 0.29) is 16.8 Å². The maximum Gasteiger partial charge on any atom is 0.261 e. The maximum atomic E-state index is 14.3. The van der Waals surface area contributed by atoms with Crippen molar-refractivity contribution in [2.24, 2.45) is 7.05 Å². The Morgan fingerprint density at radius 2 is 1.86 bits per heavy atom. The van der Waals surface area contributed by atoms with Crippen molar-refractivity contribution < 1.29 is 8.78 Å². The van der Waals surface area contributed by atoms with Gasteiger partial charge in [-0.05, 0) is 23.8 Å². The molecule has 0 spiro atoms. The predicted molar refractivity (Wildman–Crippen MR) is 81.9 cm³/mol. The van der Waals surface area contributed by atoms with Crippen LogP contribution in [0.4, 0.5) is 8.78 Å². The van der Waals surface area contributed by atoms with Crippen molar-refractivity contribution in [1.82, 2.24) is 14.5 Å². The molecule has 3 aromatic rings. The Morgan fingerprint density at radius 3 is 2.50 bits per heavy atom. The van der Waals surface area contributed by atoms with Crippen LogP contribution in [0.1, 0.15) is 0 Å². The number of rotatable bonds is 2. The summed E-state index contributed by atoms with van der Waals surface area (Å²) in [5, 5.41) is 0.0431. The molecule has 3 rings (SSSR count). The minimum Gasteiger partial charge on any atom is -0.318 e. The number of hydrogen-bond donors (Lipinski definition) is 0. The zero-order valence-electron chi connectivity index (χ0n) is 11.8. The van der Waals surface area contributed by atoms with Crippen molar-refractivity contribution in [3.8, 4) is 11.4 Å². The molecule has 0 N–H and O–H groups in total. The Labute approximate surface area is 128 Å². The van der Waals surface area contributed by atoms with Crippen molar-refractivity contribution in [3.05, 3.63) is 52.7 Å². The number of nitrogens with zero attached hydrogens (tertiary/aromatic N) is 3. The van der Waals surface area contributed by atoms with Gasteiger partial charge in [0.1, 0.15) is 0 Å². The molecule has 0 bridgehead atoms. The van der Waals surface area contributed by atoms with Crippen LogP contribution in [0.2, 0.25) is 0 Å². The first-order chi connectivity index (χ1) is 10.5. The highest BCUT2D eigenvalue weighted by Crippen LogP contribution is 2.27. The molecule has 22 heavy (non-hydrogen) atoms. The average molecular weight is 319 g/mol. The quantitative estimate of drug-likeness (QED) is 0.681. The first kappa shape index (κ1) is 14.6. The number of benzene rings is 1. The van der Waals surface area contributed by atoms with Crippen LogP contribution in [0.5, 0.6) is 0 Å². The molecule has 0 unspecified atom stereocenters. The summed E-state index contributed by atoms with van der Waals surface area (Å²) in [4.78, 5) is 20.9. The summed E-state index contributed by atoms with van der Waals surface area (Å²) in [6, 6.07) is 2.95. The highest BCUT2D eigenvalue weighted by molar-refractivity contribution is 7.98. The van der Waals surface area contributed by atoms with Crippen molar-refractivity contribution in [2.75, 3.05) is 6.26 Å². The number of pyridine rings is 1. The fraction of sp³-hybridized carbons (Fsp3) is 0.133. The Balaban J connectivity index is 2.29. The van der Waals surface area contributed by atoms with Crippen LogP contribution in [0.15, 0.2) is 40.4 Å². The van der Waals surface area contributed by atoms with Gasteiger partial charge in [-0.3, -0.25) is 4.79 Å². The van der Waals surface area contributed by atoms with Gasteiger partial charge in [0.25, 0.3) is 5.56 Å². The second-order valence-corrected chi connectivity index (χ2v) is 5.57. The summed E-state index contributed by atoms with van der Waals surface area (Å²) in [6.07, 6.45) is 6.45. The number of halogens is 2. The molecular formula is C15H11F2N3OS. The Hall–Kier alpha value is -2.28. The van der Waals surface area contributed by atoms with Crippen molar-refractivity contribution in [1.29, 1.82) is 0 Å². The van der Waals surface area contributed by atoms with Gasteiger partial charge in [0.05, 0.1) is 10.9 Å². The van der Waals surface area contributed by atoms with Gasteiger partial charge in [0, 0.05) is 30.5 Å². The monoisotopic (exact) mass is 319 g/mol. The molecule has 1 aromatic carbocycles. The molecule has 0 saturated heterocycles. The highest BCUT2D eigenvalue weighted by Gasteiger charge is 2.19. The number of hydrogen-bond acceptors (Lipinski definition) is 4. The number of fused-ring (bicyclic) bond motifs is 1. The topological polar surface area (TPSA) is 47.8 Å². The molecule has 0 aliphatic heterocycles. The molecular weight excluding hydrogens is 308 g/mol. The summed E-state index contributed by atoms with van der Waals surface area (Å²) in [5.74, 6) is -2.21. The molecule has 0 amide bonds. The molecule has 0 saturated carbocycles. The predicted octanol–water partition coefficient (Wildman–Crippen LogP) is 3.00. The molecule has 0 radical (unpaired) electrons. The Bertz CT molecular complexity index is 923. The minimum atomic E-state index is -1.17. The van der Waals surface area contributed by atoms with Gasteiger partial charge >= 0.3 is 0 Å². The van der Waals surface area contributed by atoms with E-state index in [1.807, 2.05) is 6.26 Å². The molecule has 0 fully saturated rings. The van der Waals surface area contributed by atoms with Crippen molar-refractivity contribution in [2.45, 2.75) is 4.90 Å². The molecule has 0 aliphatic rings. The lowest BCUT2D eigenvalue weighted by Crippen LogP contribution is -2.17. The molecule has 0 aliphatic carbocycles. The van der Waals surface area contributed by atoms with Crippen LogP contribution < -0.4 is 5.56 Å². The largest absolute Gasteiger partial charge is 0.318 e. The number of thioether (sulfide) groups is 1. The zero-order chi connectivity index (χ0) is 15.9. The van der Waals surface area contributed by atoms with Crippen LogP contribution in [0, 0.1) is 11.6 Å². The lowest BCUT2D eigenvalue weighted by molar-refractivity contribution is 0.517. The fourth-order valence-electron chi connectivity index (χ4n) is 2.15. The van der Waals surface area contributed by atoms with Crippen LogP contribution in [-0.2, 0) is 7.05 Å². The third-order valence-corrected chi connectivity index (χ3v) is 4.04. The number of aromatic nitrogens is 3. The fourth-order valence-corrected chi connectivity index (χ4v) is 2.47. The first-order valence-corrected chi connectivity index (χ1v) is 7.59. The third kappa shape index (κ3) is 2.27. The molecule has 2 aromatic heterocycles. The summed E-state index contributed by atoms with van der Waals surface area (Å²) in [7, 11) is 1.48. The Kier molecular flexibility index (Phi) is 3.66. The summed E-state index contributed by atoms with van der Waals surface area (Å²) in [6.45, 7) is 0. The van der Waals surface area contributed by atoms with E-state index in [9.17, 15) is 13.6 Å². The molecule has 7 heteroatoms. The van der Waals surface area contributed by atoms with E-state index in [0.29, 0.717) is 5.39 Å². The van der Waals surface area contributed by atoms with E-state index >= 15 is 0 Å². The van der Waals surface area contributed by atoms with E-state index in [1.165, 1.54) is 35.6 Å².